The summed E-state index contributed by atoms with van der Waals surface area (Å²) in [5.41, 5.74) is 1.89. The van der Waals surface area contributed by atoms with Gasteiger partial charge in [-0.05, 0) is 32.9 Å². The molecule has 1 aliphatic heterocycles. The number of aryl methyl sites for hydroxylation is 1. The Bertz CT molecular complexity index is 676. The largest absolute Gasteiger partial charge is 0.392 e. The molecule has 1 aliphatic rings. The van der Waals surface area contributed by atoms with Crippen molar-refractivity contribution in [2.75, 3.05) is 31.1 Å². The molecule has 0 bridgehead atoms. The molecule has 2 atom stereocenters. The van der Waals surface area contributed by atoms with Gasteiger partial charge in [0.15, 0.2) is 5.82 Å². The third kappa shape index (κ3) is 3.88. The van der Waals surface area contributed by atoms with Crippen molar-refractivity contribution in [3.63, 3.8) is 0 Å². The summed E-state index contributed by atoms with van der Waals surface area (Å²) in [7, 11) is 0. The molecular weight excluding hydrogens is 302 g/mol. The van der Waals surface area contributed by atoms with Gasteiger partial charge in [-0.25, -0.2) is 9.97 Å². The van der Waals surface area contributed by atoms with Crippen molar-refractivity contribution in [1.82, 2.24) is 19.9 Å². The number of piperazine rings is 1. The van der Waals surface area contributed by atoms with Crippen LogP contribution in [0.3, 0.4) is 0 Å². The van der Waals surface area contributed by atoms with Crippen LogP contribution in [-0.4, -0.2) is 63.3 Å². The van der Waals surface area contributed by atoms with Crippen molar-refractivity contribution in [1.29, 1.82) is 0 Å². The van der Waals surface area contributed by atoms with E-state index in [1.807, 2.05) is 32.0 Å². The second kappa shape index (κ2) is 7.23. The molecule has 6 nitrogen and oxygen atoms in total. The van der Waals surface area contributed by atoms with Crippen LogP contribution in [0.15, 0.2) is 30.6 Å². The van der Waals surface area contributed by atoms with Crippen molar-refractivity contribution < 1.29 is 5.11 Å². The zero-order valence-corrected chi connectivity index (χ0v) is 14.6. The lowest BCUT2D eigenvalue weighted by Crippen LogP contribution is -2.53. The molecular formula is C18H25N5O. The van der Waals surface area contributed by atoms with Crippen LogP contribution in [0.25, 0.3) is 11.4 Å². The van der Waals surface area contributed by atoms with Crippen LogP contribution in [0, 0.1) is 6.92 Å². The van der Waals surface area contributed by atoms with Crippen LogP contribution in [0.2, 0.25) is 0 Å². The average Bonchev–Trinajstić information content (AvgIpc) is 2.54. The summed E-state index contributed by atoms with van der Waals surface area (Å²) in [4.78, 5) is 18.1. The van der Waals surface area contributed by atoms with Gasteiger partial charge in [0, 0.05) is 61.9 Å². The van der Waals surface area contributed by atoms with Gasteiger partial charge in [0.25, 0.3) is 0 Å². The fraction of sp³-hybridized carbons (Fsp3) is 0.500. The molecule has 1 fully saturated rings. The molecule has 24 heavy (non-hydrogen) atoms. The summed E-state index contributed by atoms with van der Waals surface area (Å²) >= 11 is 0. The monoisotopic (exact) mass is 327 g/mol. The number of β-amino-alcohol motifs (C(OH)–C–C–N with tert-alkyl or cyclic N) is 1. The summed E-state index contributed by atoms with van der Waals surface area (Å²) in [6.45, 7) is 9.52. The highest BCUT2D eigenvalue weighted by Crippen LogP contribution is 2.23. The van der Waals surface area contributed by atoms with E-state index in [4.69, 9.17) is 4.98 Å². The van der Waals surface area contributed by atoms with Gasteiger partial charge in [-0.1, -0.05) is 0 Å². The number of nitrogens with zero attached hydrogens (tertiary/aromatic N) is 5. The van der Waals surface area contributed by atoms with Crippen LogP contribution in [0.4, 0.5) is 5.82 Å². The molecule has 1 saturated heterocycles. The molecule has 128 valence electrons. The first-order chi connectivity index (χ1) is 11.5. The van der Waals surface area contributed by atoms with Gasteiger partial charge in [0.2, 0.25) is 0 Å². The Morgan fingerprint density at radius 1 is 1.33 bits per heavy atom. The Labute approximate surface area is 143 Å². The molecule has 2 aromatic heterocycles. The number of aliphatic hydroxyl groups is 1. The van der Waals surface area contributed by atoms with E-state index in [1.165, 1.54) is 0 Å². The smallest absolute Gasteiger partial charge is 0.163 e. The summed E-state index contributed by atoms with van der Waals surface area (Å²) in [5, 5.41) is 9.59. The Morgan fingerprint density at radius 2 is 2.17 bits per heavy atom. The zero-order chi connectivity index (χ0) is 17.1. The van der Waals surface area contributed by atoms with Crippen molar-refractivity contribution in [2.24, 2.45) is 0 Å². The number of hydrogen-bond donors (Lipinski definition) is 1. The van der Waals surface area contributed by atoms with Crippen LogP contribution >= 0.6 is 0 Å². The minimum atomic E-state index is -0.290. The number of rotatable bonds is 4. The van der Waals surface area contributed by atoms with Gasteiger partial charge in [-0.3, -0.25) is 9.88 Å². The van der Waals surface area contributed by atoms with Gasteiger partial charge in [0.05, 0.1) is 6.10 Å². The first-order valence-electron chi connectivity index (χ1n) is 8.46. The third-order valence-electron chi connectivity index (χ3n) is 4.29. The molecule has 0 aliphatic carbocycles. The van der Waals surface area contributed by atoms with E-state index in [-0.39, 0.29) is 6.10 Å². The SMILES string of the molecule is Cc1cc(N2CCN(CC(C)O)CC2C)nc(-c2cccnc2)n1. The van der Waals surface area contributed by atoms with Crippen molar-refractivity contribution in [3.8, 4) is 11.4 Å². The molecule has 2 aromatic rings. The Hall–Kier alpha value is -2.05. The first-order valence-corrected chi connectivity index (χ1v) is 8.46. The minimum absolute atomic E-state index is 0.290. The third-order valence-corrected chi connectivity index (χ3v) is 4.29. The van der Waals surface area contributed by atoms with Crippen LogP contribution < -0.4 is 4.90 Å². The van der Waals surface area contributed by atoms with Gasteiger partial charge in [-0.15, -0.1) is 0 Å². The topological polar surface area (TPSA) is 65.4 Å². The highest BCUT2D eigenvalue weighted by Gasteiger charge is 2.25. The number of aliphatic hydroxyl groups excluding tert-OH is 1. The van der Waals surface area contributed by atoms with E-state index in [9.17, 15) is 5.11 Å². The molecule has 0 saturated carbocycles. The molecule has 1 N–H and O–H groups in total. The standard InChI is InChI=1S/C18H25N5O/c1-13-9-17(21-18(20-13)16-5-4-6-19-10-16)23-8-7-22(11-14(23)2)12-15(3)24/h4-6,9-10,14-15,24H,7-8,11-12H2,1-3H3. The fourth-order valence-corrected chi connectivity index (χ4v) is 3.24. The van der Waals surface area contributed by atoms with Gasteiger partial charge in [0.1, 0.15) is 5.82 Å². The van der Waals surface area contributed by atoms with E-state index >= 15 is 0 Å². The van der Waals surface area contributed by atoms with E-state index in [1.54, 1.807) is 12.4 Å². The predicted octanol–water partition coefficient (Wildman–Crippen LogP) is 1.74. The lowest BCUT2D eigenvalue weighted by molar-refractivity contribution is 0.114. The van der Waals surface area contributed by atoms with E-state index < -0.39 is 0 Å². The maximum absolute atomic E-state index is 9.59. The van der Waals surface area contributed by atoms with Gasteiger partial charge in [-0.2, -0.15) is 0 Å². The highest BCUT2D eigenvalue weighted by atomic mass is 16.3. The second-order valence-electron chi connectivity index (χ2n) is 6.58. The molecule has 2 unspecified atom stereocenters. The molecule has 3 rings (SSSR count). The molecule has 6 heteroatoms. The Kier molecular flexibility index (Phi) is 5.06. The van der Waals surface area contributed by atoms with Crippen molar-refractivity contribution in [2.45, 2.75) is 32.9 Å². The quantitative estimate of drug-likeness (QED) is 0.923. The fourth-order valence-electron chi connectivity index (χ4n) is 3.24. The predicted molar refractivity (Wildman–Crippen MR) is 94.9 cm³/mol. The normalized spacial score (nSPS) is 20.2. The average molecular weight is 327 g/mol. The molecule has 0 radical (unpaired) electrons. The summed E-state index contributed by atoms with van der Waals surface area (Å²) in [5.74, 6) is 1.68. The van der Waals surface area contributed by atoms with Crippen LogP contribution in [-0.2, 0) is 0 Å². The van der Waals surface area contributed by atoms with E-state index in [0.717, 1.165) is 49.1 Å². The van der Waals surface area contributed by atoms with E-state index in [2.05, 4.69) is 26.7 Å². The maximum atomic E-state index is 9.59. The van der Waals surface area contributed by atoms with Gasteiger partial charge >= 0.3 is 0 Å². The van der Waals surface area contributed by atoms with Crippen LogP contribution in [0.1, 0.15) is 19.5 Å². The lowest BCUT2D eigenvalue weighted by atomic mass is 10.1. The van der Waals surface area contributed by atoms with Crippen molar-refractivity contribution >= 4 is 5.82 Å². The minimum Gasteiger partial charge on any atom is -0.392 e. The first kappa shape index (κ1) is 16.8. The Morgan fingerprint density at radius 3 is 2.83 bits per heavy atom. The summed E-state index contributed by atoms with van der Waals surface area (Å²) < 4.78 is 0. The summed E-state index contributed by atoms with van der Waals surface area (Å²) in [6, 6.07) is 6.27. The molecule has 3 heterocycles. The zero-order valence-electron chi connectivity index (χ0n) is 14.6. The van der Waals surface area contributed by atoms with E-state index in [0.29, 0.717) is 6.04 Å². The molecule has 0 spiro atoms. The van der Waals surface area contributed by atoms with Crippen molar-refractivity contribution in [3.05, 3.63) is 36.3 Å². The molecule has 0 amide bonds. The number of aromatic nitrogens is 3. The molecule has 0 aromatic carbocycles. The van der Waals surface area contributed by atoms with Gasteiger partial charge < -0.3 is 10.0 Å². The number of pyridine rings is 1. The lowest BCUT2D eigenvalue weighted by Gasteiger charge is -2.41. The number of anilines is 1. The van der Waals surface area contributed by atoms with Crippen LogP contribution in [0.5, 0.6) is 0 Å². The highest BCUT2D eigenvalue weighted by molar-refractivity contribution is 5.57. The Balaban J connectivity index is 1.81. The number of hydrogen-bond acceptors (Lipinski definition) is 6. The second-order valence-corrected chi connectivity index (χ2v) is 6.58. The summed E-state index contributed by atoms with van der Waals surface area (Å²) in [6.07, 6.45) is 3.26. The maximum Gasteiger partial charge on any atom is 0.163 e.